The van der Waals surface area contributed by atoms with Gasteiger partial charge in [0.2, 0.25) is 5.91 Å². The van der Waals surface area contributed by atoms with Crippen molar-refractivity contribution in [3.05, 3.63) is 35.9 Å². The molecule has 25 heavy (non-hydrogen) atoms. The summed E-state index contributed by atoms with van der Waals surface area (Å²) in [6.07, 6.45) is 1.27. The minimum Gasteiger partial charge on any atom is -0.459 e. The summed E-state index contributed by atoms with van der Waals surface area (Å²) < 4.78 is 5.41. The molecule has 0 fully saturated rings. The second-order valence-electron chi connectivity index (χ2n) is 7.25. The quantitative estimate of drug-likeness (QED) is 0.638. The molecule has 140 valence electrons. The molecule has 0 heterocycles. The highest BCUT2D eigenvalue weighted by atomic mass is 16.5. The zero-order chi connectivity index (χ0) is 18.8. The van der Waals surface area contributed by atoms with Crippen LogP contribution in [0.15, 0.2) is 30.3 Å². The van der Waals surface area contributed by atoms with Gasteiger partial charge in [-0.3, -0.25) is 4.79 Å². The molecule has 0 bridgehead atoms. The van der Waals surface area contributed by atoms with Crippen LogP contribution in [-0.4, -0.2) is 31.0 Å². The van der Waals surface area contributed by atoms with Crippen molar-refractivity contribution in [3.63, 3.8) is 0 Å². The highest BCUT2D eigenvalue weighted by molar-refractivity contribution is 5.87. The third-order valence-electron chi connectivity index (χ3n) is 3.90. The molecule has 0 aliphatic carbocycles. The molecule has 0 aliphatic heterocycles. The monoisotopic (exact) mass is 348 g/mol. The number of ether oxygens (including phenoxy) is 1. The molecule has 0 aliphatic rings. The van der Waals surface area contributed by atoms with E-state index in [1.54, 1.807) is 7.05 Å². The van der Waals surface area contributed by atoms with Gasteiger partial charge in [-0.2, -0.15) is 0 Å². The van der Waals surface area contributed by atoms with Gasteiger partial charge >= 0.3 is 5.97 Å². The van der Waals surface area contributed by atoms with E-state index in [1.165, 1.54) is 0 Å². The fraction of sp³-hybridized carbons (Fsp3) is 0.600. The molecular weight excluding hydrogens is 316 g/mol. The molecule has 1 aromatic rings. The number of nitrogens with one attached hydrogen (secondary N) is 2. The number of carbonyl (C=O) groups is 2. The summed E-state index contributed by atoms with van der Waals surface area (Å²) in [6, 6.07) is 8.60. The molecule has 1 amide bonds. The predicted octanol–water partition coefficient (Wildman–Crippen LogP) is 2.89. The van der Waals surface area contributed by atoms with Crippen molar-refractivity contribution < 1.29 is 14.3 Å². The van der Waals surface area contributed by atoms with Gasteiger partial charge in [0.05, 0.1) is 6.04 Å². The first-order valence-electron chi connectivity index (χ1n) is 9.01. The summed E-state index contributed by atoms with van der Waals surface area (Å²) in [5.41, 5.74) is 0.929. The average molecular weight is 348 g/mol. The van der Waals surface area contributed by atoms with E-state index in [9.17, 15) is 9.59 Å². The summed E-state index contributed by atoms with van der Waals surface area (Å²) in [4.78, 5) is 25.0. The Morgan fingerprint density at radius 2 is 1.52 bits per heavy atom. The fourth-order valence-corrected chi connectivity index (χ4v) is 2.61. The molecule has 5 nitrogen and oxygen atoms in total. The van der Waals surface area contributed by atoms with Crippen molar-refractivity contribution in [2.45, 2.75) is 59.2 Å². The van der Waals surface area contributed by atoms with E-state index >= 15 is 0 Å². The van der Waals surface area contributed by atoms with E-state index in [2.05, 4.69) is 24.5 Å². The van der Waals surface area contributed by atoms with Crippen molar-refractivity contribution in [1.82, 2.24) is 10.6 Å². The van der Waals surface area contributed by atoms with E-state index in [1.807, 2.05) is 44.2 Å². The number of benzene rings is 1. The van der Waals surface area contributed by atoms with Gasteiger partial charge < -0.3 is 15.4 Å². The van der Waals surface area contributed by atoms with Crippen LogP contribution in [0.1, 0.15) is 46.1 Å². The fourth-order valence-electron chi connectivity index (χ4n) is 2.61. The number of rotatable bonds is 10. The second-order valence-corrected chi connectivity index (χ2v) is 7.25. The van der Waals surface area contributed by atoms with Crippen LogP contribution in [0.5, 0.6) is 0 Å². The van der Waals surface area contributed by atoms with Gasteiger partial charge in [-0.15, -0.1) is 0 Å². The number of esters is 1. The van der Waals surface area contributed by atoms with Crippen molar-refractivity contribution in [2.24, 2.45) is 11.8 Å². The third-order valence-corrected chi connectivity index (χ3v) is 3.90. The van der Waals surface area contributed by atoms with Crippen LogP contribution in [0.3, 0.4) is 0 Å². The molecule has 0 saturated heterocycles. The van der Waals surface area contributed by atoms with E-state index in [4.69, 9.17) is 4.74 Å². The Labute approximate surface area is 151 Å². The van der Waals surface area contributed by atoms with Gasteiger partial charge in [0.1, 0.15) is 12.6 Å². The van der Waals surface area contributed by atoms with Gasteiger partial charge in [0, 0.05) is 0 Å². The molecule has 0 radical (unpaired) electrons. The van der Waals surface area contributed by atoms with Crippen LogP contribution >= 0.6 is 0 Å². The molecule has 0 unspecified atom stereocenters. The number of hydrogen-bond donors (Lipinski definition) is 2. The molecule has 2 N–H and O–H groups in total. The van der Waals surface area contributed by atoms with Crippen LogP contribution < -0.4 is 10.6 Å². The lowest BCUT2D eigenvalue weighted by Crippen LogP contribution is -2.50. The van der Waals surface area contributed by atoms with E-state index in [0.717, 1.165) is 12.0 Å². The van der Waals surface area contributed by atoms with Crippen molar-refractivity contribution >= 4 is 11.9 Å². The first-order valence-corrected chi connectivity index (χ1v) is 9.01. The Morgan fingerprint density at radius 1 is 0.960 bits per heavy atom. The standard InChI is InChI=1S/C20H32N2O3/c1-14(2)11-17(21-5)19(23)22-18(12-15(3)4)20(24)25-13-16-9-7-6-8-10-16/h6-10,14-15,17-18,21H,11-13H2,1-5H3,(H,22,23)/t17-,18+/m0/s1. The topological polar surface area (TPSA) is 67.4 Å². The Bertz CT molecular complexity index is 529. The van der Waals surface area contributed by atoms with Crippen LogP contribution in [-0.2, 0) is 20.9 Å². The van der Waals surface area contributed by atoms with Gasteiger partial charge in [-0.1, -0.05) is 58.0 Å². The van der Waals surface area contributed by atoms with Crippen molar-refractivity contribution in [2.75, 3.05) is 7.05 Å². The third kappa shape index (κ3) is 8.16. The second kappa shape index (κ2) is 10.9. The van der Waals surface area contributed by atoms with Gasteiger partial charge in [0.15, 0.2) is 0 Å². The van der Waals surface area contributed by atoms with Gasteiger partial charge in [0.25, 0.3) is 0 Å². The smallest absolute Gasteiger partial charge is 0.328 e. The number of amides is 1. The Kier molecular flexibility index (Phi) is 9.21. The van der Waals surface area contributed by atoms with E-state index in [0.29, 0.717) is 12.3 Å². The first kappa shape index (κ1) is 21.2. The van der Waals surface area contributed by atoms with Crippen molar-refractivity contribution in [3.8, 4) is 0 Å². The molecule has 1 aromatic carbocycles. The Hall–Kier alpha value is -1.88. The summed E-state index contributed by atoms with van der Waals surface area (Å²) in [6.45, 7) is 8.39. The largest absolute Gasteiger partial charge is 0.459 e. The molecule has 5 heteroatoms. The summed E-state index contributed by atoms with van der Waals surface area (Å²) in [5, 5.41) is 5.89. The zero-order valence-corrected chi connectivity index (χ0v) is 16.0. The highest BCUT2D eigenvalue weighted by Crippen LogP contribution is 2.10. The summed E-state index contributed by atoms with van der Waals surface area (Å²) in [5.74, 6) is 0.119. The Morgan fingerprint density at radius 3 is 2.04 bits per heavy atom. The molecule has 0 saturated carbocycles. The highest BCUT2D eigenvalue weighted by Gasteiger charge is 2.27. The van der Waals surface area contributed by atoms with Crippen LogP contribution in [0.4, 0.5) is 0 Å². The minimum atomic E-state index is -0.626. The molecule has 0 spiro atoms. The normalized spacial score (nSPS) is 13.6. The molecule has 2 atom stereocenters. The minimum absolute atomic E-state index is 0.154. The lowest BCUT2D eigenvalue weighted by atomic mass is 10.0. The first-order chi connectivity index (χ1) is 11.8. The number of likely N-dealkylation sites (N-methyl/N-ethyl adjacent to an activating group) is 1. The van der Waals surface area contributed by atoms with Crippen LogP contribution in [0.2, 0.25) is 0 Å². The Balaban J connectivity index is 2.68. The maximum absolute atomic E-state index is 12.5. The lowest BCUT2D eigenvalue weighted by molar-refractivity contribution is -0.149. The molecular formula is C20H32N2O3. The zero-order valence-electron chi connectivity index (χ0n) is 16.0. The summed E-state index contributed by atoms with van der Waals surface area (Å²) >= 11 is 0. The molecule has 1 rings (SSSR count). The molecule has 0 aromatic heterocycles. The predicted molar refractivity (Wildman–Crippen MR) is 99.9 cm³/mol. The average Bonchev–Trinajstić information content (AvgIpc) is 2.57. The van der Waals surface area contributed by atoms with E-state index in [-0.39, 0.29) is 30.4 Å². The van der Waals surface area contributed by atoms with Crippen LogP contribution in [0.25, 0.3) is 0 Å². The number of carbonyl (C=O) groups excluding carboxylic acids is 2. The van der Waals surface area contributed by atoms with Crippen molar-refractivity contribution in [1.29, 1.82) is 0 Å². The van der Waals surface area contributed by atoms with Gasteiger partial charge in [-0.25, -0.2) is 4.79 Å². The van der Waals surface area contributed by atoms with Gasteiger partial charge in [-0.05, 0) is 37.3 Å². The maximum Gasteiger partial charge on any atom is 0.328 e. The van der Waals surface area contributed by atoms with Crippen LogP contribution in [0, 0.1) is 11.8 Å². The number of hydrogen-bond acceptors (Lipinski definition) is 4. The summed E-state index contributed by atoms with van der Waals surface area (Å²) in [7, 11) is 1.76. The lowest BCUT2D eigenvalue weighted by Gasteiger charge is -2.23. The SMILES string of the molecule is CN[C@@H](CC(C)C)C(=O)N[C@H](CC(C)C)C(=O)OCc1ccccc1. The van der Waals surface area contributed by atoms with E-state index < -0.39 is 6.04 Å². The maximum atomic E-state index is 12.5.